The Morgan fingerprint density at radius 1 is 1.42 bits per heavy atom. The molecule has 0 fully saturated rings. The van der Waals surface area contributed by atoms with Gasteiger partial charge in [-0.05, 0) is 30.5 Å². The van der Waals surface area contributed by atoms with Crippen LogP contribution in [0.15, 0.2) is 30.7 Å². The summed E-state index contributed by atoms with van der Waals surface area (Å²) in [6, 6.07) is 5.98. The Morgan fingerprint density at radius 2 is 2.33 bits per heavy atom. The van der Waals surface area contributed by atoms with E-state index in [1.165, 1.54) is 5.56 Å². The van der Waals surface area contributed by atoms with E-state index in [0.717, 1.165) is 43.0 Å². The van der Waals surface area contributed by atoms with Crippen molar-refractivity contribution in [1.29, 1.82) is 0 Å². The number of ether oxygens (including phenoxy) is 2. The Labute approximate surface area is 141 Å². The Hall–Kier alpha value is -2.54. The van der Waals surface area contributed by atoms with Gasteiger partial charge in [0.15, 0.2) is 0 Å². The van der Waals surface area contributed by atoms with E-state index in [1.54, 1.807) is 13.4 Å². The van der Waals surface area contributed by atoms with Crippen LogP contribution in [-0.4, -0.2) is 42.9 Å². The van der Waals surface area contributed by atoms with Crippen LogP contribution in [0.5, 0.6) is 0 Å². The van der Waals surface area contributed by atoms with Crippen molar-refractivity contribution in [2.24, 2.45) is 0 Å². The molecule has 0 spiro atoms. The zero-order valence-corrected chi connectivity index (χ0v) is 13.7. The van der Waals surface area contributed by atoms with E-state index in [-0.39, 0.29) is 6.61 Å². The van der Waals surface area contributed by atoms with E-state index >= 15 is 0 Å². The van der Waals surface area contributed by atoms with Crippen LogP contribution in [0.2, 0.25) is 0 Å². The quantitative estimate of drug-likeness (QED) is 0.796. The third kappa shape index (κ3) is 4.05. The molecule has 2 heterocycles. The van der Waals surface area contributed by atoms with Gasteiger partial charge in [-0.3, -0.25) is 5.32 Å². The molecule has 0 atom stereocenters. The highest BCUT2D eigenvalue weighted by molar-refractivity contribution is 5.85. The normalized spacial score (nSPS) is 13.5. The second-order valence-corrected chi connectivity index (χ2v) is 5.68. The molecule has 128 valence electrons. The highest BCUT2D eigenvalue weighted by atomic mass is 16.6. The average Bonchev–Trinajstić information content (AvgIpc) is 3.09. The predicted molar refractivity (Wildman–Crippen MR) is 91.2 cm³/mol. The molecular formula is C17H22N4O3. The predicted octanol–water partition coefficient (Wildman–Crippen LogP) is 2.56. The summed E-state index contributed by atoms with van der Waals surface area (Å²) >= 11 is 0. The molecule has 1 aliphatic heterocycles. The van der Waals surface area contributed by atoms with E-state index in [1.807, 2.05) is 18.3 Å². The van der Waals surface area contributed by atoms with Gasteiger partial charge in [-0.25, -0.2) is 9.78 Å². The van der Waals surface area contributed by atoms with Gasteiger partial charge in [0.2, 0.25) is 0 Å². The van der Waals surface area contributed by atoms with Gasteiger partial charge in [-0.2, -0.15) is 0 Å². The number of aromatic amines is 1. The lowest BCUT2D eigenvalue weighted by Crippen LogP contribution is -2.29. The summed E-state index contributed by atoms with van der Waals surface area (Å²) < 4.78 is 9.90. The molecule has 7 heteroatoms. The minimum absolute atomic E-state index is 0.235. The van der Waals surface area contributed by atoms with E-state index in [2.05, 4.69) is 26.3 Å². The van der Waals surface area contributed by atoms with Crippen molar-refractivity contribution in [3.05, 3.63) is 42.0 Å². The number of imidazole rings is 1. The number of nitrogens with zero attached hydrogens (tertiary/aromatic N) is 2. The first-order valence-corrected chi connectivity index (χ1v) is 8.04. The summed E-state index contributed by atoms with van der Waals surface area (Å²) in [7, 11) is 1.57. The Kier molecular flexibility index (Phi) is 5.32. The van der Waals surface area contributed by atoms with Crippen LogP contribution in [0.4, 0.5) is 16.2 Å². The number of methoxy groups -OCH3 is 1. The SMILES string of the molecule is COCCOC(=O)Nc1ccc2c(c1)N(Cc1c[nH]cn1)CCC2. The Morgan fingerprint density at radius 3 is 3.12 bits per heavy atom. The number of carbonyl (C=O) groups is 1. The van der Waals surface area contributed by atoms with Crippen LogP contribution in [0.3, 0.4) is 0 Å². The van der Waals surface area contributed by atoms with Crippen molar-refractivity contribution in [3.63, 3.8) is 0 Å². The number of rotatable bonds is 6. The number of hydrogen-bond acceptors (Lipinski definition) is 5. The summed E-state index contributed by atoms with van der Waals surface area (Å²) in [5.41, 5.74) is 4.15. The summed E-state index contributed by atoms with van der Waals surface area (Å²) in [6.45, 7) is 2.34. The third-order valence-corrected chi connectivity index (χ3v) is 3.97. The number of anilines is 2. The van der Waals surface area contributed by atoms with Gasteiger partial charge in [-0.15, -0.1) is 0 Å². The molecule has 0 saturated heterocycles. The van der Waals surface area contributed by atoms with Gasteiger partial charge in [0.25, 0.3) is 0 Å². The number of aryl methyl sites for hydroxylation is 1. The zero-order valence-electron chi connectivity index (χ0n) is 13.7. The fraction of sp³-hybridized carbons (Fsp3) is 0.412. The van der Waals surface area contributed by atoms with Crippen molar-refractivity contribution >= 4 is 17.5 Å². The molecule has 7 nitrogen and oxygen atoms in total. The van der Waals surface area contributed by atoms with Crippen LogP contribution in [-0.2, 0) is 22.4 Å². The van der Waals surface area contributed by atoms with E-state index < -0.39 is 6.09 Å². The molecule has 1 aromatic heterocycles. The maximum atomic E-state index is 11.8. The first-order chi connectivity index (χ1) is 11.8. The number of nitrogens with one attached hydrogen (secondary N) is 2. The van der Waals surface area contributed by atoms with Gasteiger partial charge >= 0.3 is 6.09 Å². The van der Waals surface area contributed by atoms with Crippen molar-refractivity contribution in [1.82, 2.24) is 9.97 Å². The van der Waals surface area contributed by atoms with E-state index in [4.69, 9.17) is 9.47 Å². The minimum atomic E-state index is -0.471. The lowest BCUT2D eigenvalue weighted by Gasteiger charge is -2.31. The standard InChI is InChI=1S/C17H22N4O3/c1-23-7-8-24-17(22)20-14-5-4-13-3-2-6-21(16(13)9-14)11-15-10-18-12-19-15/h4-5,9-10,12H,2-3,6-8,11H2,1H3,(H,18,19)(H,20,22). The second kappa shape index (κ2) is 7.83. The molecule has 1 amide bonds. The highest BCUT2D eigenvalue weighted by Gasteiger charge is 2.18. The molecule has 24 heavy (non-hydrogen) atoms. The van der Waals surface area contributed by atoms with E-state index in [0.29, 0.717) is 6.61 Å². The van der Waals surface area contributed by atoms with Gasteiger partial charge in [0.05, 0.1) is 25.2 Å². The fourth-order valence-electron chi connectivity index (χ4n) is 2.84. The monoisotopic (exact) mass is 330 g/mol. The van der Waals surface area contributed by atoms with Crippen molar-refractivity contribution in [3.8, 4) is 0 Å². The summed E-state index contributed by atoms with van der Waals surface area (Å²) in [5, 5.41) is 2.77. The van der Waals surface area contributed by atoms with Gasteiger partial charge in [0.1, 0.15) is 6.61 Å². The number of aromatic nitrogens is 2. The first-order valence-electron chi connectivity index (χ1n) is 8.04. The molecule has 3 rings (SSSR count). The topological polar surface area (TPSA) is 79.5 Å². The lowest BCUT2D eigenvalue weighted by molar-refractivity contribution is 0.107. The van der Waals surface area contributed by atoms with Gasteiger partial charge in [0, 0.05) is 31.2 Å². The molecule has 2 aromatic rings. The molecule has 1 aromatic carbocycles. The van der Waals surface area contributed by atoms with Crippen LogP contribution >= 0.6 is 0 Å². The molecule has 0 unspecified atom stereocenters. The van der Waals surface area contributed by atoms with Crippen LogP contribution in [0.1, 0.15) is 17.7 Å². The summed E-state index contributed by atoms with van der Waals surface area (Å²) in [6.07, 6.45) is 5.29. The first kappa shape index (κ1) is 16.3. The van der Waals surface area contributed by atoms with Gasteiger partial charge < -0.3 is 19.4 Å². The summed E-state index contributed by atoms with van der Waals surface area (Å²) in [5.74, 6) is 0. The molecule has 0 bridgehead atoms. The summed E-state index contributed by atoms with van der Waals surface area (Å²) in [4.78, 5) is 21.3. The van der Waals surface area contributed by atoms with Crippen LogP contribution in [0, 0.1) is 0 Å². The van der Waals surface area contributed by atoms with Crippen LogP contribution < -0.4 is 10.2 Å². The van der Waals surface area contributed by atoms with Crippen molar-refractivity contribution < 1.29 is 14.3 Å². The van der Waals surface area contributed by atoms with E-state index in [9.17, 15) is 4.79 Å². The number of amides is 1. The van der Waals surface area contributed by atoms with Crippen molar-refractivity contribution in [2.75, 3.05) is 37.1 Å². The number of H-pyrrole nitrogens is 1. The molecule has 0 saturated carbocycles. The fourth-order valence-corrected chi connectivity index (χ4v) is 2.84. The molecule has 0 radical (unpaired) electrons. The third-order valence-electron chi connectivity index (χ3n) is 3.97. The molecule has 2 N–H and O–H groups in total. The zero-order chi connectivity index (χ0) is 16.8. The smallest absolute Gasteiger partial charge is 0.411 e. The Bertz CT molecular complexity index is 672. The number of carbonyl (C=O) groups excluding carboxylic acids is 1. The Balaban J connectivity index is 1.69. The molecule has 1 aliphatic rings. The highest BCUT2D eigenvalue weighted by Crippen LogP contribution is 2.31. The van der Waals surface area contributed by atoms with Gasteiger partial charge in [-0.1, -0.05) is 6.07 Å². The lowest BCUT2D eigenvalue weighted by atomic mass is 10.0. The second-order valence-electron chi connectivity index (χ2n) is 5.68. The molecule has 0 aliphatic carbocycles. The van der Waals surface area contributed by atoms with Crippen molar-refractivity contribution in [2.45, 2.75) is 19.4 Å². The largest absolute Gasteiger partial charge is 0.447 e. The number of hydrogen-bond donors (Lipinski definition) is 2. The number of benzene rings is 1. The minimum Gasteiger partial charge on any atom is -0.447 e. The average molecular weight is 330 g/mol. The van der Waals surface area contributed by atoms with Crippen LogP contribution in [0.25, 0.3) is 0 Å². The number of fused-ring (bicyclic) bond motifs is 1. The maximum absolute atomic E-state index is 11.8. The molecular weight excluding hydrogens is 308 g/mol. The maximum Gasteiger partial charge on any atom is 0.411 e.